The second-order valence-corrected chi connectivity index (χ2v) is 8.55. The Morgan fingerprint density at radius 3 is 1.06 bits per heavy atom. The van der Waals surface area contributed by atoms with Crippen molar-refractivity contribution in [2.24, 2.45) is 0 Å². The van der Waals surface area contributed by atoms with Gasteiger partial charge in [-0.2, -0.15) is 43.9 Å². The molecular weight excluding hydrogens is 484 g/mol. The van der Waals surface area contributed by atoms with Crippen LogP contribution in [-0.2, 0) is 18.9 Å². The molecule has 0 amide bonds. The highest BCUT2D eigenvalue weighted by Crippen LogP contribution is 2.85. The van der Waals surface area contributed by atoms with Crippen LogP contribution >= 0.6 is 0 Å². The topological polar surface area (TPSA) is 43.5 Å². The highest BCUT2D eigenvalue weighted by molar-refractivity contribution is 5.50. The van der Waals surface area contributed by atoms with Gasteiger partial charge in [-0.3, -0.25) is 0 Å². The first-order valence-corrected chi connectivity index (χ1v) is 9.14. The van der Waals surface area contributed by atoms with Gasteiger partial charge in [0, 0.05) is 6.42 Å². The number of alkyl halides is 12. The predicted molar refractivity (Wildman–Crippen MR) is 73.9 cm³/mol. The predicted octanol–water partition coefficient (Wildman–Crippen LogP) is 3.32. The largest absolute Gasteiger partial charge is 0.371 e. The third-order valence-electron chi connectivity index (χ3n) is 6.96. The minimum absolute atomic E-state index is 0.294. The maximum absolute atomic E-state index is 15.3. The van der Waals surface area contributed by atoms with Crippen LogP contribution in [0.5, 0.6) is 0 Å². The summed E-state index contributed by atoms with van der Waals surface area (Å²) < 4.78 is 198. The lowest BCUT2D eigenvalue weighted by molar-refractivity contribution is -0.590. The third kappa shape index (κ3) is 1.78. The first-order chi connectivity index (χ1) is 14.4. The van der Waals surface area contributed by atoms with E-state index in [9.17, 15) is 8.78 Å². The number of halogens is 12. The molecule has 2 unspecified atom stereocenters. The Kier molecular flexibility index (Phi) is 3.88. The van der Waals surface area contributed by atoms with Crippen molar-refractivity contribution in [3.63, 3.8) is 0 Å². The molecule has 2 aliphatic heterocycles. The molecule has 6 rings (SSSR count). The molecule has 6 aliphatic rings. The van der Waals surface area contributed by atoms with Crippen LogP contribution in [0, 0.1) is 0 Å². The molecule has 2 heterocycles. The lowest BCUT2D eigenvalue weighted by Gasteiger charge is -2.74. The molecule has 0 aromatic carbocycles. The number of rotatable bonds is 6. The van der Waals surface area contributed by atoms with Crippen molar-refractivity contribution in [2.45, 2.75) is 70.8 Å². The van der Waals surface area contributed by atoms with E-state index in [1.54, 1.807) is 0 Å². The fourth-order valence-corrected chi connectivity index (χ4v) is 4.99. The molecule has 6 fully saturated rings. The monoisotopic (exact) mass is 496 g/mol. The quantitative estimate of drug-likeness (QED) is 0.418. The highest BCUT2D eigenvalue weighted by Gasteiger charge is 3.17. The first-order valence-electron chi connectivity index (χ1n) is 9.14. The van der Waals surface area contributed by atoms with E-state index in [1.807, 2.05) is 0 Å². The molecule has 2 saturated heterocycles. The summed E-state index contributed by atoms with van der Waals surface area (Å²) in [7, 11) is 0. The Hall–Kier alpha value is -1.00. The van der Waals surface area contributed by atoms with E-state index in [1.165, 1.54) is 0 Å². The summed E-state index contributed by atoms with van der Waals surface area (Å²) in [5, 5.41) is 0. The van der Waals surface area contributed by atoms with Gasteiger partial charge in [-0.15, -0.1) is 0 Å². The van der Waals surface area contributed by atoms with Gasteiger partial charge in [-0.05, 0) is 0 Å². The van der Waals surface area contributed by atoms with Crippen molar-refractivity contribution >= 4 is 0 Å². The summed E-state index contributed by atoms with van der Waals surface area (Å²) in [6.45, 7) is -3.28. The Morgan fingerprint density at radius 2 is 0.812 bits per heavy atom. The Labute approximate surface area is 170 Å². The molecule has 0 radical (unpaired) electrons. The SMILES string of the molecule is FC1(F)C2(OCC3CO3)CC3(OCC4CO4)C(F)(F)C1(F)C(F)(F)C(F)(C2(F)F)C3(F)F. The highest BCUT2D eigenvalue weighted by atomic mass is 19.3. The van der Waals surface area contributed by atoms with Crippen molar-refractivity contribution in [1.29, 1.82) is 0 Å². The zero-order valence-corrected chi connectivity index (χ0v) is 15.4. The molecule has 4 saturated carbocycles. The summed E-state index contributed by atoms with van der Waals surface area (Å²) in [6.07, 6.45) is -5.34. The van der Waals surface area contributed by atoms with Crippen LogP contribution in [0.25, 0.3) is 0 Å². The van der Waals surface area contributed by atoms with Gasteiger partial charge in [0.2, 0.25) is 11.2 Å². The van der Waals surface area contributed by atoms with E-state index >= 15 is 43.9 Å². The van der Waals surface area contributed by atoms with Crippen LogP contribution in [0.3, 0.4) is 0 Å². The second kappa shape index (κ2) is 5.46. The summed E-state index contributed by atoms with van der Waals surface area (Å²) in [6, 6.07) is 0. The van der Waals surface area contributed by atoms with E-state index in [4.69, 9.17) is 0 Å². The molecule has 4 nitrogen and oxygen atoms in total. The van der Waals surface area contributed by atoms with Gasteiger partial charge in [0.25, 0.3) is 0 Å². The molecule has 184 valence electrons. The summed E-state index contributed by atoms with van der Waals surface area (Å²) in [5.74, 6) is -33.5. The van der Waals surface area contributed by atoms with E-state index in [0.717, 1.165) is 0 Å². The van der Waals surface area contributed by atoms with Gasteiger partial charge in [-0.1, -0.05) is 0 Å². The van der Waals surface area contributed by atoms with Crippen LogP contribution in [0.1, 0.15) is 6.42 Å². The molecular formula is C16H12F12O4. The van der Waals surface area contributed by atoms with Crippen molar-refractivity contribution in [2.75, 3.05) is 26.4 Å². The summed E-state index contributed by atoms with van der Waals surface area (Å²) in [4.78, 5) is 0. The van der Waals surface area contributed by atoms with E-state index in [-0.39, 0.29) is 13.2 Å². The Bertz CT molecular complexity index is 754. The van der Waals surface area contributed by atoms with Crippen molar-refractivity contribution < 1.29 is 71.6 Å². The standard InChI is InChI=1S/C16H12F12O4/c17-10-12(19,20)8(31-3-6-1-29-6)5-9(14(10,23)24,32-4-7-2-30-7)15(25,26)11(18,13(8,21)22)16(10,27)28/h6-7H,1-5H2. The Balaban J connectivity index is 1.82. The van der Waals surface area contributed by atoms with Gasteiger partial charge in [0.1, 0.15) is 12.2 Å². The molecule has 4 aliphatic carbocycles. The number of hydrogen-bond acceptors (Lipinski definition) is 4. The van der Waals surface area contributed by atoms with Crippen LogP contribution in [0.4, 0.5) is 52.7 Å². The number of ether oxygens (including phenoxy) is 4. The van der Waals surface area contributed by atoms with Gasteiger partial charge < -0.3 is 18.9 Å². The Morgan fingerprint density at radius 1 is 0.531 bits per heavy atom. The summed E-state index contributed by atoms with van der Waals surface area (Å²) in [5.41, 5.74) is -24.1. The average Bonchev–Trinajstić information content (AvgIpc) is 3.56. The maximum Gasteiger partial charge on any atom is 0.339 e. The van der Waals surface area contributed by atoms with Crippen LogP contribution in [0.15, 0.2) is 0 Å². The lowest BCUT2D eigenvalue weighted by atomic mass is 9.41. The average molecular weight is 496 g/mol. The van der Waals surface area contributed by atoms with Crippen molar-refractivity contribution in [3.8, 4) is 0 Å². The van der Waals surface area contributed by atoms with E-state index < -0.39 is 84.0 Å². The molecule has 2 atom stereocenters. The molecule has 0 N–H and O–H groups in total. The zero-order chi connectivity index (χ0) is 24.0. The third-order valence-corrected chi connectivity index (χ3v) is 6.96. The second-order valence-electron chi connectivity index (χ2n) is 8.55. The number of hydrogen-bond donors (Lipinski definition) is 0. The molecule has 0 spiro atoms. The van der Waals surface area contributed by atoms with Crippen LogP contribution in [-0.4, -0.2) is 90.8 Å². The minimum Gasteiger partial charge on any atom is -0.371 e. The van der Waals surface area contributed by atoms with Gasteiger partial charge >= 0.3 is 41.0 Å². The first kappa shape index (κ1) is 22.8. The fraction of sp³-hybridized carbons (Fsp3) is 1.00. The van der Waals surface area contributed by atoms with E-state index in [2.05, 4.69) is 18.9 Å². The maximum atomic E-state index is 15.3. The van der Waals surface area contributed by atoms with Gasteiger partial charge in [0.15, 0.2) is 0 Å². The molecule has 32 heavy (non-hydrogen) atoms. The molecule has 4 bridgehead atoms. The molecule has 0 aromatic heterocycles. The van der Waals surface area contributed by atoms with Gasteiger partial charge in [-0.25, -0.2) is 8.78 Å². The summed E-state index contributed by atoms with van der Waals surface area (Å²) >= 11 is 0. The lowest BCUT2D eigenvalue weighted by Crippen LogP contribution is -3.05. The van der Waals surface area contributed by atoms with Crippen molar-refractivity contribution in [3.05, 3.63) is 0 Å². The van der Waals surface area contributed by atoms with E-state index in [0.29, 0.717) is 0 Å². The smallest absolute Gasteiger partial charge is 0.339 e. The van der Waals surface area contributed by atoms with Gasteiger partial charge in [0.05, 0.1) is 26.4 Å². The minimum atomic E-state index is -7.29. The van der Waals surface area contributed by atoms with Crippen LogP contribution in [0.2, 0.25) is 0 Å². The molecule has 0 aromatic rings. The zero-order valence-electron chi connectivity index (χ0n) is 15.4. The molecule has 16 heteroatoms. The normalized spacial score (nSPS) is 52.1. The van der Waals surface area contributed by atoms with Crippen LogP contribution < -0.4 is 0 Å². The fourth-order valence-electron chi connectivity index (χ4n) is 4.99. The number of epoxide rings is 2. The van der Waals surface area contributed by atoms with Crippen molar-refractivity contribution in [1.82, 2.24) is 0 Å².